The van der Waals surface area contributed by atoms with E-state index < -0.39 is 0 Å². The van der Waals surface area contributed by atoms with Gasteiger partial charge in [0.05, 0.1) is 17.0 Å². The van der Waals surface area contributed by atoms with Gasteiger partial charge in [-0.15, -0.1) is 11.3 Å². The minimum absolute atomic E-state index is 0.766. The molecule has 0 atom stereocenters. The van der Waals surface area contributed by atoms with Gasteiger partial charge >= 0.3 is 0 Å². The molecule has 0 amide bonds. The molecule has 1 aromatic carbocycles. The molecule has 4 heterocycles. The van der Waals surface area contributed by atoms with E-state index >= 15 is 0 Å². The summed E-state index contributed by atoms with van der Waals surface area (Å²) in [6, 6.07) is 12.9. The fraction of sp³-hybridized carbons (Fsp3) is 0.333. The van der Waals surface area contributed by atoms with Crippen molar-refractivity contribution in [3.63, 3.8) is 0 Å². The molecule has 0 bridgehead atoms. The third kappa shape index (κ3) is 5.18. The van der Waals surface area contributed by atoms with Crippen molar-refractivity contribution in [3.05, 3.63) is 70.5 Å². The second-order valence-electron chi connectivity index (χ2n) is 10.3. The van der Waals surface area contributed by atoms with Crippen LogP contribution in [0.25, 0.3) is 28.0 Å². The number of anilines is 3. The van der Waals surface area contributed by atoms with E-state index in [2.05, 4.69) is 72.4 Å². The number of thiazole rings is 1. The standard InChI is InChI=1S/C30H36N8S/c1-9-37(17-22-10-12-23(13-11-22)25-18-39-30(33-25)36(7)8)27-15-20(3)32-29-28(21(4)34-38(27)29)24-16-31-26(35(5)6)14-19(24)2/h10-16,18H,9,17H2,1-8H3. The second-order valence-corrected chi connectivity index (χ2v) is 11.2. The first-order valence-corrected chi connectivity index (χ1v) is 14.0. The second kappa shape index (κ2) is 10.6. The molecule has 0 radical (unpaired) electrons. The normalized spacial score (nSPS) is 11.3. The highest BCUT2D eigenvalue weighted by molar-refractivity contribution is 7.14. The van der Waals surface area contributed by atoms with E-state index in [9.17, 15) is 0 Å². The van der Waals surface area contributed by atoms with Crippen LogP contribution in [0.5, 0.6) is 0 Å². The molecular formula is C30H36N8S. The topological polar surface area (TPSA) is 65.7 Å². The minimum atomic E-state index is 0.766. The van der Waals surface area contributed by atoms with Crippen LogP contribution in [0.2, 0.25) is 0 Å². The average Bonchev–Trinajstić information content (AvgIpc) is 3.52. The Morgan fingerprint density at radius 1 is 0.923 bits per heavy atom. The van der Waals surface area contributed by atoms with Gasteiger partial charge in [0.25, 0.3) is 0 Å². The first-order valence-electron chi connectivity index (χ1n) is 13.1. The molecule has 8 nitrogen and oxygen atoms in total. The lowest BCUT2D eigenvalue weighted by Gasteiger charge is -2.24. The maximum Gasteiger partial charge on any atom is 0.185 e. The van der Waals surface area contributed by atoms with E-state index in [1.165, 1.54) is 5.56 Å². The number of nitrogens with zero attached hydrogens (tertiary/aromatic N) is 8. The fourth-order valence-electron chi connectivity index (χ4n) is 4.77. The first kappa shape index (κ1) is 26.6. The van der Waals surface area contributed by atoms with Crippen molar-refractivity contribution >= 4 is 33.8 Å². The molecule has 5 aromatic rings. The molecule has 0 aliphatic heterocycles. The monoisotopic (exact) mass is 540 g/mol. The van der Waals surface area contributed by atoms with Gasteiger partial charge in [0.15, 0.2) is 10.8 Å². The number of pyridine rings is 1. The van der Waals surface area contributed by atoms with Crippen LogP contribution in [0.4, 0.5) is 16.8 Å². The van der Waals surface area contributed by atoms with Crippen LogP contribution in [0.1, 0.15) is 29.4 Å². The van der Waals surface area contributed by atoms with Crippen molar-refractivity contribution in [1.29, 1.82) is 0 Å². The largest absolute Gasteiger partial charge is 0.363 e. The Morgan fingerprint density at radius 2 is 1.67 bits per heavy atom. The first-order chi connectivity index (χ1) is 18.7. The predicted octanol–water partition coefficient (Wildman–Crippen LogP) is 6.00. The van der Waals surface area contributed by atoms with E-state index in [4.69, 9.17) is 15.1 Å². The average molecular weight is 541 g/mol. The molecule has 0 spiro atoms. The summed E-state index contributed by atoms with van der Waals surface area (Å²) in [5.74, 6) is 1.97. The maximum absolute atomic E-state index is 4.97. The van der Waals surface area contributed by atoms with Gasteiger partial charge in [0.2, 0.25) is 0 Å². The zero-order valence-corrected chi connectivity index (χ0v) is 24.8. The van der Waals surface area contributed by atoms with Crippen LogP contribution in [0.3, 0.4) is 0 Å². The molecule has 202 valence electrons. The molecule has 4 aromatic heterocycles. The van der Waals surface area contributed by atoms with Gasteiger partial charge in [-0.1, -0.05) is 24.3 Å². The smallest absolute Gasteiger partial charge is 0.185 e. The Hall–Kier alpha value is -3.98. The van der Waals surface area contributed by atoms with Gasteiger partial charge in [-0.2, -0.15) is 9.61 Å². The highest BCUT2D eigenvalue weighted by Crippen LogP contribution is 2.33. The van der Waals surface area contributed by atoms with Crippen LogP contribution >= 0.6 is 11.3 Å². The van der Waals surface area contributed by atoms with E-state index in [0.717, 1.165) is 74.8 Å². The fourth-order valence-corrected chi connectivity index (χ4v) is 5.54. The highest BCUT2D eigenvalue weighted by Gasteiger charge is 2.21. The minimum Gasteiger partial charge on any atom is -0.363 e. The molecule has 0 unspecified atom stereocenters. The number of aromatic nitrogens is 5. The van der Waals surface area contributed by atoms with Crippen molar-refractivity contribution in [2.24, 2.45) is 0 Å². The Bertz CT molecular complexity index is 1610. The summed E-state index contributed by atoms with van der Waals surface area (Å²) >= 11 is 1.66. The molecule has 0 aliphatic rings. The van der Waals surface area contributed by atoms with E-state index in [1.54, 1.807) is 11.3 Å². The predicted molar refractivity (Wildman–Crippen MR) is 163 cm³/mol. The number of benzene rings is 1. The molecule has 5 rings (SSSR count). The van der Waals surface area contributed by atoms with Gasteiger partial charge in [0.1, 0.15) is 11.6 Å². The van der Waals surface area contributed by atoms with E-state index in [-0.39, 0.29) is 0 Å². The van der Waals surface area contributed by atoms with Crippen molar-refractivity contribution in [2.45, 2.75) is 34.2 Å². The molecule has 0 N–H and O–H groups in total. The lowest BCUT2D eigenvalue weighted by Crippen LogP contribution is -2.25. The summed E-state index contributed by atoms with van der Waals surface area (Å²) in [5, 5.41) is 8.10. The third-order valence-electron chi connectivity index (χ3n) is 6.90. The summed E-state index contributed by atoms with van der Waals surface area (Å²) in [7, 11) is 8.05. The maximum atomic E-state index is 4.97. The third-order valence-corrected chi connectivity index (χ3v) is 7.91. The Balaban J connectivity index is 1.49. The summed E-state index contributed by atoms with van der Waals surface area (Å²) < 4.78 is 1.99. The number of hydrogen-bond donors (Lipinski definition) is 0. The van der Waals surface area contributed by atoms with Crippen LogP contribution in [0, 0.1) is 20.8 Å². The number of fused-ring (bicyclic) bond motifs is 1. The highest BCUT2D eigenvalue weighted by atomic mass is 32.1. The SMILES string of the molecule is CCN(Cc1ccc(-c2csc(N(C)C)n2)cc1)c1cc(C)nc2c(-c3cnc(N(C)C)cc3C)c(C)nn12. The lowest BCUT2D eigenvalue weighted by molar-refractivity contribution is 0.770. The lowest BCUT2D eigenvalue weighted by atomic mass is 10.0. The van der Waals surface area contributed by atoms with Crippen LogP contribution in [-0.2, 0) is 6.54 Å². The van der Waals surface area contributed by atoms with Gasteiger partial charge < -0.3 is 14.7 Å². The van der Waals surface area contributed by atoms with E-state index in [0.29, 0.717) is 0 Å². The number of aryl methyl sites for hydroxylation is 3. The van der Waals surface area contributed by atoms with Crippen molar-refractivity contribution in [2.75, 3.05) is 49.4 Å². The number of hydrogen-bond acceptors (Lipinski definition) is 8. The Labute approximate surface area is 234 Å². The Morgan fingerprint density at radius 3 is 2.28 bits per heavy atom. The van der Waals surface area contributed by atoms with Crippen LogP contribution in [0.15, 0.2) is 48.0 Å². The molecule has 9 heteroatoms. The van der Waals surface area contributed by atoms with Crippen molar-refractivity contribution in [3.8, 4) is 22.4 Å². The zero-order chi connectivity index (χ0) is 27.8. The van der Waals surface area contributed by atoms with Crippen molar-refractivity contribution < 1.29 is 0 Å². The summed E-state index contributed by atoms with van der Waals surface area (Å²) in [6.07, 6.45) is 1.95. The molecule has 0 fully saturated rings. The van der Waals surface area contributed by atoms with Crippen molar-refractivity contribution in [1.82, 2.24) is 24.6 Å². The molecule has 0 saturated heterocycles. The Kier molecular flexibility index (Phi) is 7.27. The van der Waals surface area contributed by atoms with Gasteiger partial charge in [-0.05, 0) is 44.9 Å². The summed E-state index contributed by atoms with van der Waals surface area (Å²) in [5.41, 5.74) is 9.39. The van der Waals surface area contributed by atoms with E-state index in [1.807, 2.05) is 55.6 Å². The number of rotatable bonds is 8. The van der Waals surface area contributed by atoms with Gasteiger partial charge in [-0.3, -0.25) is 0 Å². The van der Waals surface area contributed by atoms with Crippen LogP contribution in [-0.4, -0.2) is 59.3 Å². The molecule has 39 heavy (non-hydrogen) atoms. The molecule has 0 saturated carbocycles. The van der Waals surface area contributed by atoms with Gasteiger partial charge in [0, 0.05) is 75.7 Å². The summed E-state index contributed by atoms with van der Waals surface area (Å²) in [4.78, 5) is 20.8. The molecule has 0 aliphatic carbocycles. The van der Waals surface area contributed by atoms with Crippen LogP contribution < -0.4 is 14.7 Å². The van der Waals surface area contributed by atoms with Gasteiger partial charge in [-0.25, -0.2) is 15.0 Å². The quantitative estimate of drug-likeness (QED) is 0.239. The summed E-state index contributed by atoms with van der Waals surface area (Å²) in [6.45, 7) is 10.0. The zero-order valence-electron chi connectivity index (χ0n) is 24.0. The molecular weight excluding hydrogens is 504 g/mol.